The van der Waals surface area contributed by atoms with Crippen molar-refractivity contribution < 1.29 is 58.8 Å². The number of unbranched alkanes of at least 4 members (excludes halogenated alkanes) is 1. The van der Waals surface area contributed by atoms with Crippen LogP contribution in [0.4, 0.5) is 0 Å². The number of guanidine groups is 1. The van der Waals surface area contributed by atoms with E-state index >= 15 is 0 Å². The average Bonchev–Trinajstić information content (AvgIpc) is 3.05. The van der Waals surface area contributed by atoms with Crippen molar-refractivity contribution in [2.24, 2.45) is 27.9 Å². The van der Waals surface area contributed by atoms with Crippen LogP contribution in [-0.4, -0.2) is 142 Å². The third kappa shape index (κ3) is 19.0. The number of nitrogens with two attached hydrogens (primary N) is 4. The Morgan fingerprint density at radius 3 is 1.80 bits per heavy atom. The van der Waals surface area contributed by atoms with E-state index < -0.39 is 109 Å². The molecule has 0 aliphatic rings. The van der Waals surface area contributed by atoms with Gasteiger partial charge in [-0.25, -0.2) is 4.79 Å². The molecule has 0 aliphatic carbocycles. The van der Waals surface area contributed by atoms with Crippen LogP contribution in [0.25, 0.3) is 0 Å². The van der Waals surface area contributed by atoms with E-state index in [2.05, 4.69) is 36.9 Å². The zero-order valence-corrected chi connectivity index (χ0v) is 28.4. The van der Waals surface area contributed by atoms with E-state index in [1.54, 1.807) is 0 Å². The molecule has 0 saturated carbocycles. The van der Waals surface area contributed by atoms with Gasteiger partial charge < -0.3 is 75.3 Å². The van der Waals surface area contributed by atoms with Gasteiger partial charge in [0.25, 0.3) is 0 Å². The van der Waals surface area contributed by atoms with Crippen LogP contribution in [0, 0.1) is 0 Å². The Balaban J connectivity index is 5.69. The predicted octanol–water partition coefficient (Wildman–Crippen LogP) is -7.01. The van der Waals surface area contributed by atoms with Gasteiger partial charge in [0, 0.05) is 6.54 Å². The molecule has 0 heterocycles. The summed E-state index contributed by atoms with van der Waals surface area (Å²) in [6, 6.07) is -8.69. The summed E-state index contributed by atoms with van der Waals surface area (Å²) in [5.74, 6) is -8.88. The molecule has 0 radical (unpaired) electrons. The van der Waals surface area contributed by atoms with Gasteiger partial charge in [0.05, 0.1) is 25.7 Å². The van der Waals surface area contributed by atoms with Crippen LogP contribution in [0.5, 0.6) is 0 Å². The van der Waals surface area contributed by atoms with E-state index in [1.165, 1.54) is 13.8 Å². The van der Waals surface area contributed by atoms with E-state index in [4.69, 9.17) is 33.1 Å². The van der Waals surface area contributed by atoms with Gasteiger partial charge in [-0.05, 0) is 52.5 Å². The summed E-state index contributed by atoms with van der Waals surface area (Å²) in [4.78, 5) is 103. The molecule has 0 aromatic carbocycles. The minimum absolute atomic E-state index is 0.0175. The summed E-state index contributed by atoms with van der Waals surface area (Å²) >= 11 is 0. The average molecular weight is 734 g/mol. The van der Waals surface area contributed by atoms with Crippen molar-refractivity contribution in [2.45, 2.75) is 94.7 Å². The zero-order valence-electron chi connectivity index (χ0n) is 28.4. The van der Waals surface area contributed by atoms with Crippen molar-refractivity contribution in [3.05, 3.63) is 0 Å². The molecule has 0 aromatic heterocycles. The fourth-order valence-electron chi connectivity index (χ4n) is 4.14. The number of aliphatic hydroxyl groups is 2. The second-order valence-corrected chi connectivity index (χ2v) is 11.4. The fourth-order valence-corrected chi connectivity index (χ4v) is 4.14. The quantitative estimate of drug-likeness (QED) is 0.0235. The van der Waals surface area contributed by atoms with Crippen molar-refractivity contribution >= 4 is 53.3 Å². The third-order valence-electron chi connectivity index (χ3n) is 6.94. The first kappa shape index (κ1) is 45.9. The topological polar surface area (TPSA) is 406 Å². The number of hydrogen-bond acceptors (Lipinski definition) is 13. The summed E-state index contributed by atoms with van der Waals surface area (Å²) < 4.78 is 0. The monoisotopic (exact) mass is 733 g/mol. The molecular formula is C28H51N11O12. The van der Waals surface area contributed by atoms with Gasteiger partial charge >= 0.3 is 11.9 Å². The number of carboxylic acid groups (broad SMARTS) is 2. The molecule has 0 spiro atoms. The Morgan fingerprint density at radius 1 is 0.725 bits per heavy atom. The largest absolute Gasteiger partial charge is 0.481 e. The first-order valence-electron chi connectivity index (χ1n) is 15.9. The van der Waals surface area contributed by atoms with E-state index in [0.29, 0.717) is 12.8 Å². The van der Waals surface area contributed by atoms with Crippen LogP contribution in [0.15, 0.2) is 4.99 Å². The minimum Gasteiger partial charge on any atom is -0.481 e. The zero-order chi connectivity index (χ0) is 39.3. The number of rotatable bonds is 25. The van der Waals surface area contributed by atoms with Crippen molar-refractivity contribution in [1.29, 1.82) is 0 Å². The van der Waals surface area contributed by atoms with Gasteiger partial charge in [-0.3, -0.25) is 38.6 Å². The maximum atomic E-state index is 13.3. The van der Waals surface area contributed by atoms with Gasteiger partial charge in [0.1, 0.15) is 36.3 Å². The van der Waals surface area contributed by atoms with Crippen LogP contribution >= 0.6 is 0 Å². The molecule has 0 unspecified atom stereocenters. The van der Waals surface area contributed by atoms with Gasteiger partial charge in [-0.15, -0.1) is 0 Å². The van der Waals surface area contributed by atoms with Crippen LogP contribution in [0.1, 0.15) is 52.4 Å². The molecule has 290 valence electrons. The number of aliphatic hydroxyl groups excluding tert-OH is 2. The van der Waals surface area contributed by atoms with E-state index in [-0.39, 0.29) is 38.3 Å². The van der Waals surface area contributed by atoms with Crippen LogP contribution in [-0.2, 0) is 38.4 Å². The lowest BCUT2D eigenvalue weighted by atomic mass is 10.1. The maximum absolute atomic E-state index is 13.3. The molecule has 51 heavy (non-hydrogen) atoms. The maximum Gasteiger partial charge on any atom is 0.326 e. The third-order valence-corrected chi connectivity index (χ3v) is 6.94. The van der Waals surface area contributed by atoms with Crippen LogP contribution < -0.4 is 54.8 Å². The molecule has 0 aromatic rings. The highest BCUT2D eigenvalue weighted by atomic mass is 16.4. The number of nitrogens with zero attached hydrogens (tertiary/aromatic N) is 1. The lowest BCUT2D eigenvalue weighted by Crippen LogP contribution is -2.59. The van der Waals surface area contributed by atoms with Crippen molar-refractivity contribution in [1.82, 2.24) is 31.9 Å². The first-order chi connectivity index (χ1) is 23.8. The second-order valence-electron chi connectivity index (χ2n) is 11.4. The summed E-state index contributed by atoms with van der Waals surface area (Å²) in [6.45, 7) is 1.29. The van der Waals surface area contributed by atoms with Gasteiger partial charge in [0.15, 0.2) is 5.96 Å². The molecular weight excluding hydrogens is 682 g/mol. The number of amides is 6. The normalized spacial score (nSPS) is 14.9. The highest BCUT2D eigenvalue weighted by Crippen LogP contribution is 2.06. The van der Waals surface area contributed by atoms with E-state index in [0.717, 1.165) is 0 Å². The number of hydrogen-bond donors (Lipinski definition) is 14. The van der Waals surface area contributed by atoms with Gasteiger partial charge in [-0.1, -0.05) is 0 Å². The minimum atomic E-state index is -1.80. The Hall–Kier alpha value is -5.13. The highest BCUT2D eigenvalue weighted by molar-refractivity contribution is 5.96. The smallest absolute Gasteiger partial charge is 0.326 e. The number of aliphatic imine (C=N–C) groups is 1. The Morgan fingerprint density at radius 2 is 1.29 bits per heavy atom. The predicted molar refractivity (Wildman–Crippen MR) is 178 cm³/mol. The van der Waals surface area contributed by atoms with Crippen LogP contribution in [0.3, 0.4) is 0 Å². The van der Waals surface area contributed by atoms with Crippen LogP contribution in [0.2, 0.25) is 0 Å². The lowest BCUT2D eigenvalue weighted by molar-refractivity contribution is -0.147. The summed E-state index contributed by atoms with van der Waals surface area (Å²) in [5.41, 5.74) is 21.6. The molecule has 0 bridgehead atoms. The number of aliphatic carboxylic acids is 2. The molecule has 23 heteroatoms. The first-order valence-corrected chi connectivity index (χ1v) is 15.9. The lowest BCUT2D eigenvalue weighted by Gasteiger charge is -2.25. The Bertz CT molecular complexity index is 1250. The molecule has 7 atom stereocenters. The van der Waals surface area contributed by atoms with Crippen molar-refractivity contribution in [2.75, 3.05) is 26.2 Å². The molecule has 0 aliphatic heterocycles. The second kappa shape index (κ2) is 24.1. The van der Waals surface area contributed by atoms with E-state index in [9.17, 15) is 48.6 Å². The highest BCUT2D eigenvalue weighted by Gasteiger charge is 2.32. The number of nitrogens with one attached hydrogen (secondary N) is 6. The number of carbonyl (C=O) groups is 8. The fraction of sp³-hybridized carbons (Fsp3) is 0.679. The summed E-state index contributed by atoms with van der Waals surface area (Å²) in [7, 11) is 0. The van der Waals surface area contributed by atoms with Gasteiger partial charge in [-0.2, -0.15) is 0 Å². The molecule has 0 fully saturated rings. The van der Waals surface area contributed by atoms with Crippen molar-refractivity contribution in [3.63, 3.8) is 0 Å². The molecule has 18 N–H and O–H groups in total. The van der Waals surface area contributed by atoms with E-state index in [1.807, 2.05) is 0 Å². The van der Waals surface area contributed by atoms with Crippen molar-refractivity contribution in [3.8, 4) is 0 Å². The number of carboxylic acids is 2. The molecule has 0 saturated heterocycles. The molecule has 23 nitrogen and oxygen atoms in total. The Kier molecular flexibility index (Phi) is 21.7. The SMILES string of the molecule is C[C@H](NC(=O)[C@@H](NC(=O)[C@@H](N)CO)[C@@H](C)O)C(=O)NCC(=O)N[C@@H](CCCN=C(N)N)C(=O)N[C@@H](CCCCN)C(=O)N[C@@H](CC(=O)O)C(=O)O. The summed E-state index contributed by atoms with van der Waals surface area (Å²) in [6.07, 6.45) is -1.55. The Labute approximate surface area is 293 Å². The van der Waals surface area contributed by atoms with Gasteiger partial charge in [0.2, 0.25) is 35.4 Å². The number of carbonyl (C=O) groups excluding carboxylic acids is 6. The summed E-state index contributed by atoms with van der Waals surface area (Å²) in [5, 5.41) is 50.9. The molecule has 0 rings (SSSR count). The standard InChI is InChI=1S/C28H51N11O12/c1-13(35-26(49)21(14(2)41)39-23(46)15(30)12-40)22(45)34-11-19(42)36-16(7-5-9-33-28(31)32)24(47)37-17(6-3-4-8-29)25(48)38-18(27(50)51)10-20(43)44/h13-18,21,40-41H,3-12,29-30H2,1-2H3,(H,34,45)(H,35,49)(H,36,42)(H,37,47)(H,38,48)(H,39,46)(H,43,44)(H,50,51)(H4,31,32,33)/t13-,14+,15-,16-,17-,18-,21-/m0/s1. The molecule has 6 amide bonds.